The van der Waals surface area contributed by atoms with Crippen LogP contribution in [-0.4, -0.2) is 6.29 Å². The molecule has 0 unspecified atom stereocenters. The average Bonchev–Trinajstić information content (AvgIpc) is 2.49. The summed E-state index contributed by atoms with van der Waals surface area (Å²) in [7, 11) is 0. The molecule has 1 aromatic heterocycles. The van der Waals surface area contributed by atoms with E-state index in [2.05, 4.69) is 28.1 Å². The molecule has 0 aliphatic rings. The highest BCUT2D eigenvalue weighted by Crippen LogP contribution is 2.28. The minimum absolute atomic E-state index is 0.510. The maximum absolute atomic E-state index is 10.4. The third-order valence-electron chi connectivity index (χ3n) is 1.92. The Kier molecular flexibility index (Phi) is 2.47. The van der Waals surface area contributed by atoms with E-state index < -0.39 is 0 Å². The van der Waals surface area contributed by atoms with Crippen molar-refractivity contribution >= 4 is 43.6 Å². The van der Waals surface area contributed by atoms with Gasteiger partial charge in [-0.2, -0.15) is 0 Å². The predicted molar refractivity (Wildman–Crippen MR) is 59.3 cm³/mol. The van der Waals surface area contributed by atoms with Crippen LogP contribution in [0.2, 0.25) is 0 Å². The fourth-order valence-corrected chi connectivity index (χ4v) is 2.62. The van der Waals surface area contributed by atoms with Gasteiger partial charge in [0.15, 0.2) is 0 Å². The van der Waals surface area contributed by atoms with E-state index in [0.717, 1.165) is 16.3 Å². The summed E-state index contributed by atoms with van der Waals surface area (Å²) in [5.74, 6) is 0. The lowest BCUT2D eigenvalue weighted by Gasteiger charge is -1.93. The highest BCUT2D eigenvalue weighted by molar-refractivity contribution is 9.10. The summed E-state index contributed by atoms with van der Waals surface area (Å²) in [4.78, 5) is 10.4. The van der Waals surface area contributed by atoms with Gasteiger partial charge in [0.2, 0.25) is 0 Å². The molecule has 0 aliphatic carbocycles. The summed E-state index contributed by atoms with van der Waals surface area (Å²) in [6.07, 6.45) is 1.46. The Morgan fingerprint density at radius 3 is 3.08 bits per heavy atom. The Labute approximate surface area is 88.5 Å². The summed E-state index contributed by atoms with van der Waals surface area (Å²) < 4.78 is 2.30. The minimum Gasteiger partial charge on any atom is -0.303 e. The first kappa shape index (κ1) is 8.91. The molecule has 0 saturated carbocycles. The van der Waals surface area contributed by atoms with Crippen molar-refractivity contribution in [1.29, 1.82) is 0 Å². The van der Waals surface area contributed by atoms with Gasteiger partial charge in [0.1, 0.15) is 6.29 Å². The topological polar surface area (TPSA) is 17.1 Å². The van der Waals surface area contributed by atoms with E-state index in [1.165, 1.54) is 10.1 Å². The number of fused-ring (bicyclic) bond motifs is 1. The molecule has 2 rings (SSSR count). The van der Waals surface area contributed by atoms with Crippen molar-refractivity contribution < 1.29 is 4.79 Å². The number of hydrogen-bond acceptors (Lipinski definition) is 2. The summed E-state index contributed by atoms with van der Waals surface area (Å²) in [5, 5.41) is 3.23. The van der Waals surface area contributed by atoms with Crippen LogP contribution in [-0.2, 0) is 11.2 Å². The van der Waals surface area contributed by atoms with Crippen molar-refractivity contribution in [1.82, 2.24) is 0 Å². The number of halogens is 1. The second kappa shape index (κ2) is 3.60. The lowest BCUT2D eigenvalue weighted by molar-refractivity contribution is -0.107. The molecule has 0 saturated heterocycles. The number of carbonyl (C=O) groups excluding carboxylic acids is 1. The van der Waals surface area contributed by atoms with Crippen LogP contribution in [0.5, 0.6) is 0 Å². The van der Waals surface area contributed by atoms with Crippen LogP contribution in [0.4, 0.5) is 0 Å². The lowest BCUT2D eigenvalue weighted by atomic mass is 10.1. The number of carbonyl (C=O) groups is 1. The zero-order valence-electron chi connectivity index (χ0n) is 6.79. The number of hydrogen-bond donors (Lipinski definition) is 0. The van der Waals surface area contributed by atoms with Gasteiger partial charge >= 0.3 is 0 Å². The molecule has 0 bridgehead atoms. The first-order valence-electron chi connectivity index (χ1n) is 3.90. The quantitative estimate of drug-likeness (QED) is 0.751. The summed E-state index contributed by atoms with van der Waals surface area (Å²) in [6, 6.07) is 6.15. The Balaban J connectivity index is 2.64. The molecule has 0 radical (unpaired) electrons. The molecule has 1 aromatic carbocycles. The van der Waals surface area contributed by atoms with E-state index in [1.807, 2.05) is 11.4 Å². The maximum Gasteiger partial charge on any atom is 0.124 e. The molecule has 1 nitrogen and oxygen atoms in total. The van der Waals surface area contributed by atoms with Gasteiger partial charge in [0.05, 0.1) is 0 Å². The van der Waals surface area contributed by atoms with Crippen LogP contribution < -0.4 is 0 Å². The first-order valence-corrected chi connectivity index (χ1v) is 5.58. The Morgan fingerprint density at radius 2 is 2.31 bits per heavy atom. The average molecular weight is 255 g/mol. The van der Waals surface area contributed by atoms with E-state index in [9.17, 15) is 4.79 Å². The van der Waals surface area contributed by atoms with Crippen LogP contribution in [0.15, 0.2) is 28.1 Å². The molecule has 0 amide bonds. The molecular weight excluding hydrogens is 248 g/mol. The van der Waals surface area contributed by atoms with E-state index >= 15 is 0 Å². The van der Waals surface area contributed by atoms with Crippen molar-refractivity contribution in [3.05, 3.63) is 33.6 Å². The first-order chi connectivity index (χ1) is 6.31. The fourth-order valence-electron chi connectivity index (χ4n) is 1.30. The Morgan fingerprint density at radius 1 is 1.46 bits per heavy atom. The van der Waals surface area contributed by atoms with E-state index in [1.54, 1.807) is 11.3 Å². The second-order valence-corrected chi connectivity index (χ2v) is 4.60. The summed E-state index contributed by atoms with van der Waals surface area (Å²) in [5.41, 5.74) is 1.12. The SMILES string of the molecule is O=CCc1csc2ccc(Br)cc12. The van der Waals surface area contributed by atoms with E-state index in [-0.39, 0.29) is 0 Å². The van der Waals surface area contributed by atoms with Gasteiger partial charge < -0.3 is 4.79 Å². The smallest absolute Gasteiger partial charge is 0.124 e. The predicted octanol–water partition coefficient (Wildman–Crippen LogP) is 3.41. The van der Waals surface area contributed by atoms with Crippen LogP contribution >= 0.6 is 27.3 Å². The largest absolute Gasteiger partial charge is 0.303 e. The van der Waals surface area contributed by atoms with Gasteiger partial charge in [-0.15, -0.1) is 11.3 Å². The molecule has 3 heteroatoms. The molecule has 13 heavy (non-hydrogen) atoms. The van der Waals surface area contributed by atoms with Crippen LogP contribution in [0.25, 0.3) is 10.1 Å². The van der Waals surface area contributed by atoms with Gasteiger partial charge in [0, 0.05) is 15.6 Å². The van der Waals surface area contributed by atoms with Gasteiger partial charge in [0.25, 0.3) is 0 Å². The molecule has 66 valence electrons. The van der Waals surface area contributed by atoms with Crippen LogP contribution in [0.1, 0.15) is 5.56 Å². The number of benzene rings is 1. The monoisotopic (exact) mass is 254 g/mol. The number of aldehydes is 1. The molecule has 0 fully saturated rings. The van der Waals surface area contributed by atoms with E-state index in [4.69, 9.17) is 0 Å². The molecule has 0 N–H and O–H groups in total. The third kappa shape index (κ3) is 1.67. The van der Waals surface area contributed by atoms with Crippen molar-refractivity contribution in [2.75, 3.05) is 0 Å². The molecule has 0 atom stereocenters. The van der Waals surface area contributed by atoms with Crippen LogP contribution in [0, 0.1) is 0 Å². The van der Waals surface area contributed by atoms with Gasteiger partial charge in [-0.25, -0.2) is 0 Å². The molecule has 0 spiro atoms. The molecular formula is C10H7BrOS. The number of thiophene rings is 1. The van der Waals surface area contributed by atoms with Gasteiger partial charge in [-0.3, -0.25) is 0 Å². The fraction of sp³-hybridized carbons (Fsp3) is 0.100. The third-order valence-corrected chi connectivity index (χ3v) is 3.42. The Bertz CT molecular complexity index is 447. The minimum atomic E-state index is 0.510. The van der Waals surface area contributed by atoms with Crippen molar-refractivity contribution in [3.63, 3.8) is 0 Å². The number of rotatable bonds is 2. The van der Waals surface area contributed by atoms with Crippen molar-refractivity contribution in [3.8, 4) is 0 Å². The lowest BCUT2D eigenvalue weighted by Crippen LogP contribution is -1.81. The van der Waals surface area contributed by atoms with Crippen molar-refractivity contribution in [2.24, 2.45) is 0 Å². The van der Waals surface area contributed by atoms with E-state index in [0.29, 0.717) is 6.42 Å². The molecule has 0 aliphatic heterocycles. The van der Waals surface area contributed by atoms with Crippen molar-refractivity contribution in [2.45, 2.75) is 6.42 Å². The molecule has 2 aromatic rings. The zero-order chi connectivity index (χ0) is 9.26. The molecule has 1 heterocycles. The second-order valence-electron chi connectivity index (χ2n) is 2.77. The zero-order valence-corrected chi connectivity index (χ0v) is 9.19. The maximum atomic E-state index is 10.4. The Hall–Kier alpha value is -0.670. The highest BCUT2D eigenvalue weighted by Gasteiger charge is 2.03. The normalized spacial score (nSPS) is 10.5. The summed E-state index contributed by atoms with van der Waals surface area (Å²) >= 11 is 5.10. The van der Waals surface area contributed by atoms with Gasteiger partial charge in [-0.05, 0) is 34.5 Å². The van der Waals surface area contributed by atoms with Crippen LogP contribution in [0.3, 0.4) is 0 Å². The standard InChI is InChI=1S/C10H7BrOS/c11-8-1-2-10-9(5-8)7(3-4-12)6-13-10/h1-2,4-6H,3H2. The highest BCUT2D eigenvalue weighted by atomic mass is 79.9. The van der Waals surface area contributed by atoms with Gasteiger partial charge in [-0.1, -0.05) is 15.9 Å². The summed E-state index contributed by atoms with van der Waals surface area (Å²) in [6.45, 7) is 0.